The number of aromatic nitrogens is 2. The SMILES string of the molecule is CCCCc1cc(C(=O)NC2CC(=O)N(c3cccc(OC)c3)C2)n[nH]1. The van der Waals surface area contributed by atoms with Gasteiger partial charge < -0.3 is 15.0 Å². The molecule has 0 saturated carbocycles. The number of rotatable bonds is 7. The van der Waals surface area contributed by atoms with Crippen LogP contribution < -0.4 is 15.0 Å². The Morgan fingerprint density at radius 3 is 3.04 bits per heavy atom. The number of unbranched alkanes of at least 4 members (excludes halogenated alkanes) is 1. The van der Waals surface area contributed by atoms with Gasteiger partial charge in [0.1, 0.15) is 11.4 Å². The van der Waals surface area contributed by atoms with Crippen LogP contribution in [0.2, 0.25) is 0 Å². The Bertz CT molecular complexity index is 787. The highest BCUT2D eigenvalue weighted by Gasteiger charge is 2.32. The van der Waals surface area contributed by atoms with Gasteiger partial charge in [-0.1, -0.05) is 19.4 Å². The second kappa shape index (κ2) is 8.03. The first-order chi connectivity index (χ1) is 12.6. The van der Waals surface area contributed by atoms with Gasteiger partial charge >= 0.3 is 0 Å². The molecule has 2 aromatic rings. The molecule has 2 N–H and O–H groups in total. The number of benzene rings is 1. The Morgan fingerprint density at radius 2 is 2.27 bits per heavy atom. The van der Waals surface area contributed by atoms with Crippen LogP contribution in [0.5, 0.6) is 5.75 Å². The van der Waals surface area contributed by atoms with Gasteiger partial charge in [-0.2, -0.15) is 5.10 Å². The summed E-state index contributed by atoms with van der Waals surface area (Å²) in [4.78, 5) is 26.4. The molecule has 1 aliphatic rings. The standard InChI is InChI=1S/C19H24N4O3/c1-3-4-6-13-9-17(22-21-13)19(25)20-14-10-18(24)23(12-14)15-7-5-8-16(11-15)26-2/h5,7-9,11,14H,3-4,6,10,12H2,1-2H3,(H,20,25)(H,21,22). The van der Waals surface area contributed by atoms with Gasteiger partial charge in [-0.3, -0.25) is 14.7 Å². The van der Waals surface area contributed by atoms with Gasteiger partial charge in [0.15, 0.2) is 0 Å². The summed E-state index contributed by atoms with van der Waals surface area (Å²) < 4.78 is 5.21. The van der Waals surface area contributed by atoms with Crippen LogP contribution in [0.1, 0.15) is 42.4 Å². The third-order valence-corrected chi connectivity index (χ3v) is 4.49. The van der Waals surface area contributed by atoms with Gasteiger partial charge in [-0.05, 0) is 31.0 Å². The van der Waals surface area contributed by atoms with E-state index < -0.39 is 0 Å². The van der Waals surface area contributed by atoms with Crippen molar-refractivity contribution in [3.8, 4) is 5.75 Å². The lowest BCUT2D eigenvalue weighted by molar-refractivity contribution is -0.117. The quantitative estimate of drug-likeness (QED) is 0.797. The van der Waals surface area contributed by atoms with Crippen molar-refractivity contribution in [1.29, 1.82) is 0 Å². The molecule has 1 fully saturated rings. The maximum Gasteiger partial charge on any atom is 0.272 e. The predicted molar refractivity (Wildman–Crippen MR) is 98.4 cm³/mol. The number of ether oxygens (including phenoxy) is 1. The number of nitrogens with one attached hydrogen (secondary N) is 2. The average Bonchev–Trinajstić information content (AvgIpc) is 3.26. The van der Waals surface area contributed by atoms with Crippen LogP contribution >= 0.6 is 0 Å². The molecule has 1 aromatic carbocycles. The van der Waals surface area contributed by atoms with E-state index in [1.165, 1.54) is 0 Å². The smallest absolute Gasteiger partial charge is 0.272 e. The molecular formula is C19H24N4O3. The van der Waals surface area contributed by atoms with E-state index in [1.54, 1.807) is 18.1 Å². The summed E-state index contributed by atoms with van der Waals surface area (Å²) in [6.07, 6.45) is 3.29. The topological polar surface area (TPSA) is 87.3 Å². The van der Waals surface area contributed by atoms with Crippen molar-refractivity contribution in [1.82, 2.24) is 15.5 Å². The summed E-state index contributed by atoms with van der Waals surface area (Å²) >= 11 is 0. The predicted octanol–water partition coefficient (Wildman–Crippen LogP) is 2.30. The second-order valence-corrected chi connectivity index (χ2v) is 6.46. The van der Waals surface area contributed by atoms with Gasteiger partial charge in [0.25, 0.3) is 5.91 Å². The lowest BCUT2D eigenvalue weighted by Crippen LogP contribution is -2.37. The highest BCUT2D eigenvalue weighted by atomic mass is 16.5. The van der Waals surface area contributed by atoms with Gasteiger partial charge in [-0.25, -0.2) is 0 Å². The zero-order valence-corrected chi connectivity index (χ0v) is 15.1. The number of methoxy groups -OCH3 is 1. The van der Waals surface area contributed by atoms with Crippen molar-refractivity contribution < 1.29 is 14.3 Å². The summed E-state index contributed by atoms with van der Waals surface area (Å²) in [6, 6.07) is 8.89. The zero-order chi connectivity index (χ0) is 18.5. The Morgan fingerprint density at radius 1 is 1.42 bits per heavy atom. The number of carbonyl (C=O) groups excluding carboxylic acids is 2. The molecule has 1 atom stereocenters. The third-order valence-electron chi connectivity index (χ3n) is 4.49. The summed E-state index contributed by atoms with van der Waals surface area (Å²) in [6.45, 7) is 2.56. The third kappa shape index (κ3) is 4.04. The van der Waals surface area contributed by atoms with E-state index >= 15 is 0 Å². The van der Waals surface area contributed by atoms with E-state index in [0.717, 1.165) is 30.6 Å². The van der Waals surface area contributed by atoms with Crippen LogP contribution in [-0.4, -0.2) is 41.7 Å². The van der Waals surface area contributed by atoms with Crippen molar-refractivity contribution in [2.75, 3.05) is 18.6 Å². The maximum atomic E-state index is 12.4. The van der Waals surface area contributed by atoms with Crippen molar-refractivity contribution >= 4 is 17.5 Å². The molecule has 1 saturated heterocycles. The molecular weight excluding hydrogens is 332 g/mol. The van der Waals surface area contributed by atoms with Crippen molar-refractivity contribution in [2.45, 2.75) is 38.6 Å². The summed E-state index contributed by atoms with van der Waals surface area (Å²) in [5.74, 6) is 0.419. The van der Waals surface area contributed by atoms with Gasteiger partial charge in [0.2, 0.25) is 5.91 Å². The molecule has 0 spiro atoms. The highest BCUT2D eigenvalue weighted by Crippen LogP contribution is 2.25. The average molecular weight is 356 g/mol. The number of nitrogens with zero attached hydrogens (tertiary/aromatic N) is 2. The van der Waals surface area contributed by atoms with E-state index in [9.17, 15) is 9.59 Å². The first-order valence-electron chi connectivity index (χ1n) is 8.90. The first-order valence-corrected chi connectivity index (χ1v) is 8.90. The van der Waals surface area contributed by atoms with Gasteiger partial charge in [0.05, 0.1) is 13.2 Å². The van der Waals surface area contributed by atoms with Gasteiger partial charge in [0, 0.05) is 30.4 Å². The van der Waals surface area contributed by atoms with Crippen LogP contribution in [0.4, 0.5) is 5.69 Å². The Hall–Kier alpha value is -2.83. The van der Waals surface area contributed by atoms with Crippen LogP contribution in [0.15, 0.2) is 30.3 Å². The number of hydrogen-bond acceptors (Lipinski definition) is 4. The Labute approximate surface area is 152 Å². The number of aromatic amines is 1. The molecule has 0 bridgehead atoms. The van der Waals surface area contributed by atoms with Crippen molar-refractivity contribution in [3.05, 3.63) is 41.7 Å². The maximum absolute atomic E-state index is 12.4. The Kier molecular flexibility index (Phi) is 5.55. The molecule has 2 amide bonds. The molecule has 0 aliphatic carbocycles. The van der Waals surface area contributed by atoms with E-state index in [4.69, 9.17) is 4.74 Å². The van der Waals surface area contributed by atoms with Crippen LogP contribution in [0, 0.1) is 0 Å². The normalized spacial score (nSPS) is 16.8. The number of hydrogen-bond donors (Lipinski definition) is 2. The number of aryl methyl sites for hydroxylation is 1. The van der Waals surface area contributed by atoms with Crippen LogP contribution in [0.3, 0.4) is 0 Å². The molecule has 0 radical (unpaired) electrons. The largest absolute Gasteiger partial charge is 0.497 e. The zero-order valence-electron chi connectivity index (χ0n) is 15.1. The molecule has 138 valence electrons. The number of anilines is 1. The summed E-state index contributed by atoms with van der Waals surface area (Å²) in [5.41, 5.74) is 2.09. The van der Waals surface area contributed by atoms with Gasteiger partial charge in [-0.15, -0.1) is 0 Å². The fourth-order valence-corrected chi connectivity index (χ4v) is 3.06. The second-order valence-electron chi connectivity index (χ2n) is 6.46. The minimum Gasteiger partial charge on any atom is -0.497 e. The van der Waals surface area contributed by atoms with E-state index in [-0.39, 0.29) is 24.3 Å². The highest BCUT2D eigenvalue weighted by molar-refractivity contribution is 5.98. The first kappa shape index (κ1) is 18.0. The van der Waals surface area contributed by atoms with Crippen LogP contribution in [-0.2, 0) is 11.2 Å². The molecule has 1 aliphatic heterocycles. The molecule has 7 nitrogen and oxygen atoms in total. The molecule has 1 unspecified atom stereocenters. The Balaban J connectivity index is 1.61. The molecule has 2 heterocycles. The molecule has 1 aromatic heterocycles. The monoisotopic (exact) mass is 356 g/mol. The fourth-order valence-electron chi connectivity index (χ4n) is 3.06. The minimum absolute atomic E-state index is 0.0192. The van der Waals surface area contributed by atoms with Crippen molar-refractivity contribution in [2.24, 2.45) is 0 Å². The van der Waals surface area contributed by atoms with E-state index in [1.807, 2.05) is 24.3 Å². The van der Waals surface area contributed by atoms with Crippen molar-refractivity contribution in [3.63, 3.8) is 0 Å². The lowest BCUT2D eigenvalue weighted by atomic mass is 10.2. The number of amides is 2. The number of carbonyl (C=O) groups is 2. The summed E-state index contributed by atoms with van der Waals surface area (Å²) in [7, 11) is 1.59. The number of H-pyrrole nitrogens is 1. The fraction of sp³-hybridized carbons (Fsp3) is 0.421. The molecule has 3 rings (SSSR count). The lowest BCUT2D eigenvalue weighted by Gasteiger charge is -2.17. The van der Waals surface area contributed by atoms with E-state index in [2.05, 4.69) is 22.4 Å². The van der Waals surface area contributed by atoms with Crippen LogP contribution in [0.25, 0.3) is 0 Å². The van der Waals surface area contributed by atoms with E-state index in [0.29, 0.717) is 18.0 Å². The minimum atomic E-state index is -0.255. The molecule has 26 heavy (non-hydrogen) atoms. The summed E-state index contributed by atoms with van der Waals surface area (Å²) in [5, 5.41) is 9.89. The molecule has 7 heteroatoms.